The second kappa shape index (κ2) is 6.96. The zero-order valence-electron chi connectivity index (χ0n) is 14.6. The molecule has 134 valence electrons. The molecule has 0 saturated carbocycles. The summed E-state index contributed by atoms with van der Waals surface area (Å²) in [7, 11) is 2.52. The van der Waals surface area contributed by atoms with Crippen LogP contribution in [0.1, 0.15) is 31.2 Å². The van der Waals surface area contributed by atoms with Gasteiger partial charge in [-0.15, -0.1) is 0 Å². The van der Waals surface area contributed by atoms with Gasteiger partial charge in [0.25, 0.3) is 0 Å². The summed E-state index contributed by atoms with van der Waals surface area (Å²) in [5, 5.41) is 0. The maximum absolute atomic E-state index is 12.9. The number of carbonyl (C=O) groups is 3. The normalized spacial score (nSPS) is 28.6. The molecule has 2 bridgehead atoms. The molecule has 6 heteroatoms. The lowest BCUT2D eigenvalue weighted by atomic mass is 9.70. The summed E-state index contributed by atoms with van der Waals surface area (Å²) in [6.07, 6.45) is 1.52. The minimum absolute atomic E-state index is 0.105. The zero-order chi connectivity index (χ0) is 18.0. The number of carbonyl (C=O) groups excluding carboxylic acids is 3. The van der Waals surface area contributed by atoms with E-state index in [-0.39, 0.29) is 30.7 Å². The van der Waals surface area contributed by atoms with E-state index in [1.165, 1.54) is 14.2 Å². The number of Topliss-reactive ketones (excluding diaryl/α,β-unsaturated/α-hetero) is 1. The van der Waals surface area contributed by atoms with E-state index in [4.69, 9.17) is 9.47 Å². The topological polar surface area (TPSA) is 72.9 Å². The fourth-order valence-electron chi connectivity index (χ4n) is 4.32. The molecule has 2 aliphatic heterocycles. The second-order valence-electron chi connectivity index (χ2n) is 6.75. The number of rotatable bonds is 5. The number of hydrogen-bond donors (Lipinski definition) is 0. The van der Waals surface area contributed by atoms with E-state index in [0.717, 1.165) is 12.0 Å². The molecule has 6 nitrogen and oxygen atoms in total. The van der Waals surface area contributed by atoms with Crippen LogP contribution in [0.2, 0.25) is 0 Å². The number of benzene rings is 1. The quantitative estimate of drug-likeness (QED) is 0.598. The predicted molar refractivity (Wildman–Crippen MR) is 89.5 cm³/mol. The predicted octanol–water partition coefficient (Wildman–Crippen LogP) is 1.71. The van der Waals surface area contributed by atoms with E-state index in [1.807, 2.05) is 30.3 Å². The van der Waals surface area contributed by atoms with Crippen LogP contribution in [0.3, 0.4) is 0 Å². The summed E-state index contributed by atoms with van der Waals surface area (Å²) in [6, 6.07) is 9.70. The number of ketones is 1. The van der Waals surface area contributed by atoms with Crippen molar-refractivity contribution >= 4 is 17.7 Å². The first-order chi connectivity index (χ1) is 12.0. The molecular weight excluding hydrogens is 322 g/mol. The van der Waals surface area contributed by atoms with E-state index >= 15 is 0 Å². The Bertz CT molecular complexity index is 674. The second-order valence-corrected chi connectivity index (χ2v) is 6.75. The Morgan fingerprint density at radius 1 is 1.16 bits per heavy atom. The van der Waals surface area contributed by atoms with Crippen molar-refractivity contribution in [3.8, 4) is 0 Å². The number of piperidine rings is 1. The van der Waals surface area contributed by atoms with Gasteiger partial charge in [0.05, 0.1) is 20.6 Å². The smallest absolute Gasteiger partial charge is 0.321 e. The monoisotopic (exact) mass is 345 g/mol. The van der Waals surface area contributed by atoms with E-state index < -0.39 is 17.4 Å². The molecular formula is C19H23NO5. The van der Waals surface area contributed by atoms with E-state index in [1.54, 1.807) is 0 Å². The minimum Gasteiger partial charge on any atom is -0.469 e. The zero-order valence-corrected chi connectivity index (χ0v) is 14.6. The molecule has 3 atom stereocenters. The van der Waals surface area contributed by atoms with Gasteiger partial charge in [0, 0.05) is 25.0 Å². The van der Waals surface area contributed by atoms with Gasteiger partial charge < -0.3 is 9.47 Å². The Hall–Kier alpha value is -2.21. The SMILES string of the molecule is COC(=O)C[C@@]1(C(=O)OC)C(=O)C[C@H]2CC[C@H]1N2Cc1ccccc1. The fraction of sp³-hybridized carbons (Fsp3) is 0.526. The van der Waals surface area contributed by atoms with Gasteiger partial charge in [-0.2, -0.15) is 0 Å². The third kappa shape index (κ3) is 2.95. The van der Waals surface area contributed by atoms with Crippen LogP contribution in [0.25, 0.3) is 0 Å². The number of fused-ring (bicyclic) bond motifs is 2. The summed E-state index contributed by atoms with van der Waals surface area (Å²) in [6.45, 7) is 0.642. The summed E-state index contributed by atoms with van der Waals surface area (Å²) >= 11 is 0. The molecule has 1 aromatic rings. The third-order valence-electron chi connectivity index (χ3n) is 5.54. The summed E-state index contributed by atoms with van der Waals surface area (Å²) in [4.78, 5) is 39.7. The highest BCUT2D eigenvalue weighted by Crippen LogP contribution is 2.48. The van der Waals surface area contributed by atoms with Gasteiger partial charge in [-0.25, -0.2) is 0 Å². The van der Waals surface area contributed by atoms with Crippen LogP contribution in [-0.4, -0.2) is 48.9 Å². The Labute approximate surface area is 147 Å². The molecule has 1 aromatic carbocycles. The first kappa shape index (κ1) is 17.6. The molecule has 0 N–H and O–H groups in total. The van der Waals surface area contributed by atoms with Gasteiger partial charge in [-0.3, -0.25) is 19.3 Å². The maximum Gasteiger partial charge on any atom is 0.321 e. The van der Waals surface area contributed by atoms with E-state index in [0.29, 0.717) is 13.0 Å². The summed E-state index contributed by atoms with van der Waals surface area (Å²) in [5.74, 6) is -1.41. The van der Waals surface area contributed by atoms with Gasteiger partial charge >= 0.3 is 11.9 Å². The van der Waals surface area contributed by atoms with Gasteiger partial charge in [0.2, 0.25) is 0 Å². The van der Waals surface area contributed by atoms with Crippen molar-refractivity contribution in [1.82, 2.24) is 4.90 Å². The molecule has 2 fully saturated rings. The van der Waals surface area contributed by atoms with Crippen LogP contribution in [-0.2, 0) is 30.4 Å². The molecule has 0 aliphatic carbocycles. The molecule has 2 saturated heterocycles. The first-order valence-corrected chi connectivity index (χ1v) is 8.51. The van der Waals surface area contributed by atoms with Crippen LogP contribution in [0.15, 0.2) is 30.3 Å². The fourth-order valence-corrected chi connectivity index (χ4v) is 4.32. The molecule has 3 rings (SSSR count). The molecule has 0 spiro atoms. The van der Waals surface area contributed by atoms with Crippen LogP contribution < -0.4 is 0 Å². The molecule has 2 aliphatic rings. The summed E-state index contributed by atoms with van der Waals surface area (Å²) in [5.41, 5.74) is -0.352. The van der Waals surface area contributed by atoms with Gasteiger partial charge in [-0.05, 0) is 18.4 Å². The van der Waals surface area contributed by atoms with Crippen LogP contribution in [0, 0.1) is 5.41 Å². The highest BCUT2D eigenvalue weighted by atomic mass is 16.5. The van der Waals surface area contributed by atoms with Crippen molar-refractivity contribution in [2.24, 2.45) is 5.41 Å². The lowest BCUT2D eigenvalue weighted by Gasteiger charge is -2.45. The van der Waals surface area contributed by atoms with E-state index in [2.05, 4.69) is 4.90 Å². The van der Waals surface area contributed by atoms with Crippen molar-refractivity contribution in [1.29, 1.82) is 0 Å². The molecule has 25 heavy (non-hydrogen) atoms. The van der Waals surface area contributed by atoms with Crippen molar-refractivity contribution in [3.05, 3.63) is 35.9 Å². The standard InChI is InChI=1S/C19H23NO5/c1-24-17(22)11-19(18(23)25-2)15-9-8-14(10-16(19)21)20(15)12-13-6-4-3-5-7-13/h3-7,14-15H,8-12H2,1-2H3/t14-,15-,19+/m1/s1. The molecule has 0 unspecified atom stereocenters. The van der Waals surface area contributed by atoms with Gasteiger partial charge in [0.15, 0.2) is 11.2 Å². The van der Waals surface area contributed by atoms with Gasteiger partial charge in [0.1, 0.15) is 0 Å². The Morgan fingerprint density at radius 3 is 2.52 bits per heavy atom. The van der Waals surface area contributed by atoms with Crippen molar-refractivity contribution in [2.75, 3.05) is 14.2 Å². The molecule has 0 aromatic heterocycles. The lowest BCUT2D eigenvalue weighted by molar-refractivity contribution is -0.172. The molecule has 0 radical (unpaired) electrons. The Kier molecular flexibility index (Phi) is 4.90. The largest absolute Gasteiger partial charge is 0.469 e. The van der Waals surface area contributed by atoms with Crippen LogP contribution >= 0.6 is 0 Å². The number of methoxy groups -OCH3 is 2. The molecule has 2 heterocycles. The first-order valence-electron chi connectivity index (χ1n) is 8.51. The van der Waals surface area contributed by atoms with Gasteiger partial charge in [-0.1, -0.05) is 30.3 Å². The number of hydrogen-bond acceptors (Lipinski definition) is 6. The Balaban J connectivity index is 1.97. The number of ether oxygens (including phenoxy) is 2. The van der Waals surface area contributed by atoms with Crippen molar-refractivity contribution < 1.29 is 23.9 Å². The maximum atomic E-state index is 12.9. The summed E-state index contributed by atoms with van der Waals surface area (Å²) < 4.78 is 9.73. The van der Waals surface area contributed by atoms with Crippen molar-refractivity contribution in [3.63, 3.8) is 0 Å². The molecule has 0 amide bonds. The third-order valence-corrected chi connectivity index (χ3v) is 5.54. The highest BCUT2D eigenvalue weighted by Gasteiger charge is 2.62. The van der Waals surface area contributed by atoms with E-state index in [9.17, 15) is 14.4 Å². The van der Waals surface area contributed by atoms with Crippen LogP contribution in [0.4, 0.5) is 0 Å². The lowest BCUT2D eigenvalue weighted by Crippen LogP contribution is -2.60. The number of esters is 2. The average molecular weight is 345 g/mol. The van der Waals surface area contributed by atoms with Crippen molar-refractivity contribution in [2.45, 2.75) is 44.3 Å². The number of nitrogens with zero attached hydrogens (tertiary/aromatic N) is 1. The minimum atomic E-state index is -1.47. The van der Waals surface area contributed by atoms with Crippen LogP contribution in [0.5, 0.6) is 0 Å². The average Bonchev–Trinajstić information content (AvgIpc) is 2.94. The Morgan fingerprint density at radius 2 is 1.88 bits per heavy atom. The highest BCUT2D eigenvalue weighted by molar-refractivity contribution is 6.08.